The Balaban J connectivity index is 2.11. The summed E-state index contributed by atoms with van der Waals surface area (Å²) in [5.74, 6) is 0.677. The standard InChI is InChI=1S/C13H15N3O2/c1-2-4-12(17)16-9-10-13(15-7-6-14-10)11-5-3-8-18-11/h3,5-8H,2,4,9H2,1H3,(H,16,17). The summed E-state index contributed by atoms with van der Waals surface area (Å²) in [6.45, 7) is 2.33. The predicted molar refractivity (Wildman–Crippen MR) is 66.5 cm³/mol. The van der Waals surface area contributed by atoms with E-state index in [1.165, 1.54) is 0 Å². The molecule has 0 fully saturated rings. The van der Waals surface area contributed by atoms with E-state index in [9.17, 15) is 4.79 Å². The minimum absolute atomic E-state index is 0.0218. The topological polar surface area (TPSA) is 68.0 Å². The number of amides is 1. The second-order valence-corrected chi connectivity index (χ2v) is 3.86. The SMILES string of the molecule is CCCC(=O)NCc1nccnc1-c1ccco1. The van der Waals surface area contributed by atoms with Crippen molar-refractivity contribution >= 4 is 5.91 Å². The molecule has 0 unspecified atom stereocenters. The lowest BCUT2D eigenvalue weighted by atomic mass is 10.2. The van der Waals surface area contributed by atoms with Crippen LogP contribution < -0.4 is 5.32 Å². The summed E-state index contributed by atoms with van der Waals surface area (Å²) >= 11 is 0. The summed E-state index contributed by atoms with van der Waals surface area (Å²) in [6.07, 6.45) is 6.15. The smallest absolute Gasteiger partial charge is 0.220 e. The van der Waals surface area contributed by atoms with Crippen molar-refractivity contribution in [1.82, 2.24) is 15.3 Å². The number of nitrogens with one attached hydrogen (secondary N) is 1. The highest BCUT2D eigenvalue weighted by atomic mass is 16.3. The Morgan fingerprint density at radius 2 is 2.22 bits per heavy atom. The number of hydrogen-bond acceptors (Lipinski definition) is 4. The molecule has 1 N–H and O–H groups in total. The molecule has 1 amide bonds. The van der Waals surface area contributed by atoms with Crippen molar-refractivity contribution < 1.29 is 9.21 Å². The number of hydrogen-bond donors (Lipinski definition) is 1. The van der Waals surface area contributed by atoms with E-state index < -0.39 is 0 Å². The van der Waals surface area contributed by atoms with Gasteiger partial charge in [0.25, 0.3) is 0 Å². The Morgan fingerprint density at radius 1 is 1.39 bits per heavy atom. The van der Waals surface area contributed by atoms with Crippen molar-refractivity contribution in [3.63, 3.8) is 0 Å². The Labute approximate surface area is 105 Å². The zero-order chi connectivity index (χ0) is 12.8. The molecule has 0 bridgehead atoms. The van der Waals surface area contributed by atoms with Gasteiger partial charge in [-0.1, -0.05) is 6.92 Å². The molecule has 0 saturated carbocycles. The summed E-state index contributed by atoms with van der Waals surface area (Å²) < 4.78 is 5.30. The highest BCUT2D eigenvalue weighted by Crippen LogP contribution is 2.19. The number of rotatable bonds is 5. The molecule has 2 aromatic rings. The average molecular weight is 245 g/mol. The van der Waals surface area contributed by atoms with Gasteiger partial charge in [-0.3, -0.25) is 9.78 Å². The minimum Gasteiger partial charge on any atom is -0.463 e. The van der Waals surface area contributed by atoms with Gasteiger partial charge < -0.3 is 9.73 Å². The first-order chi connectivity index (χ1) is 8.81. The first-order valence-corrected chi connectivity index (χ1v) is 5.91. The Kier molecular flexibility index (Phi) is 4.06. The number of carbonyl (C=O) groups is 1. The second kappa shape index (κ2) is 5.95. The van der Waals surface area contributed by atoms with Gasteiger partial charge in [0.1, 0.15) is 5.69 Å². The van der Waals surface area contributed by atoms with Crippen LogP contribution in [0.15, 0.2) is 35.2 Å². The number of nitrogens with zero attached hydrogens (tertiary/aromatic N) is 2. The lowest BCUT2D eigenvalue weighted by Gasteiger charge is -2.06. The number of aromatic nitrogens is 2. The molecule has 0 aromatic carbocycles. The molecule has 0 aliphatic rings. The molecule has 0 saturated heterocycles. The molecule has 5 heteroatoms. The zero-order valence-electron chi connectivity index (χ0n) is 10.2. The van der Waals surface area contributed by atoms with E-state index >= 15 is 0 Å². The van der Waals surface area contributed by atoms with Gasteiger partial charge in [-0.15, -0.1) is 0 Å². The van der Waals surface area contributed by atoms with Gasteiger partial charge in [-0.25, -0.2) is 4.98 Å². The Bertz CT molecular complexity index is 509. The van der Waals surface area contributed by atoms with Crippen LogP contribution >= 0.6 is 0 Å². The predicted octanol–water partition coefficient (Wildman–Crippen LogP) is 2.15. The van der Waals surface area contributed by atoms with Crippen LogP contribution in [0.5, 0.6) is 0 Å². The molecule has 0 aliphatic heterocycles. The number of furan rings is 1. The third-order valence-corrected chi connectivity index (χ3v) is 2.46. The van der Waals surface area contributed by atoms with E-state index in [1.807, 2.05) is 13.0 Å². The van der Waals surface area contributed by atoms with Gasteiger partial charge >= 0.3 is 0 Å². The Hall–Kier alpha value is -2.17. The Morgan fingerprint density at radius 3 is 2.94 bits per heavy atom. The van der Waals surface area contributed by atoms with Crippen LogP contribution in [0.3, 0.4) is 0 Å². The van der Waals surface area contributed by atoms with Gasteiger partial charge in [0.05, 0.1) is 18.5 Å². The van der Waals surface area contributed by atoms with Crippen molar-refractivity contribution in [2.45, 2.75) is 26.3 Å². The highest BCUT2D eigenvalue weighted by Gasteiger charge is 2.10. The third-order valence-electron chi connectivity index (χ3n) is 2.46. The van der Waals surface area contributed by atoms with Gasteiger partial charge in [0, 0.05) is 18.8 Å². The lowest BCUT2D eigenvalue weighted by molar-refractivity contribution is -0.121. The van der Waals surface area contributed by atoms with Crippen LogP contribution in [-0.2, 0) is 11.3 Å². The highest BCUT2D eigenvalue weighted by molar-refractivity contribution is 5.75. The van der Waals surface area contributed by atoms with Crippen LogP contribution in [0.1, 0.15) is 25.5 Å². The molecule has 0 atom stereocenters. The van der Waals surface area contributed by atoms with Crippen molar-refractivity contribution in [1.29, 1.82) is 0 Å². The van der Waals surface area contributed by atoms with Crippen LogP contribution in [-0.4, -0.2) is 15.9 Å². The van der Waals surface area contributed by atoms with Crippen LogP contribution in [0.2, 0.25) is 0 Å². The zero-order valence-corrected chi connectivity index (χ0v) is 10.2. The molecule has 0 spiro atoms. The fourth-order valence-electron chi connectivity index (χ4n) is 1.61. The molecule has 2 rings (SSSR count). The summed E-state index contributed by atoms with van der Waals surface area (Å²) in [5.41, 5.74) is 1.37. The maximum Gasteiger partial charge on any atom is 0.220 e. The molecule has 94 valence electrons. The third kappa shape index (κ3) is 2.94. The second-order valence-electron chi connectivity index (χ2n) is 3.86. The summed E-state index contributed by atoms with van der Waals surface area (Å²) in [5, 5.41) is 2.82. The average Bonchev–Trinajstić information content (AvgIpc) is 2.91. The van der Waals surface area contributed by atoms with Gasteiger partial charge in [0.2, 0.25) is 5.91 Å². The van der Waals surface area contributed by atoms with Crippen molar-refractivity contribution in [2.24, 2.45) is 0 Å². The molecular weight excluding hydrogens is 230 g/mol. The van der Waals surface area contributed by atoms with Gasteiger partial charge in [-0.2, -0.15) is 0 Å². The fraction of sp³-hybridized carbons (Fsp3) is 0.308. The molecule has 2 aromatic heterocycles. The van der Waals surface area contributed by atoms with E-state index in [0.717, 1.165) is 6.42 Å². The molecule has 18 heavy (non-hydrogen) atoms. The monoisotopic (exact) mass is 245 g/mol. The van der Waals surface area contributed by atoms with Crippen LogP contribution in [0.25, 0.3) is 11.5 Å². The van der Waals surface area contributed by atoms with E-state index in [0.29, 0.717) is 30.1 Å². The van der Waals surface area contributed by atoms with Crippen molar-refractivity contribution in [2.75, 3.05) is 0 Å². The molecule has 0 aliphatic carbocycles. The van der Waals surface area contributed by atoms with E-state index in [2.05, 4.69) is 15.3 Å². The van der Waals surface area contributed by atoms with Crippen LogP contribution in [0, 0.1) is 0 Å². The first-order valence-electron chi connectivity index (χ1n) is 5.91. The largest absolute Gasteiger partial charge is 0.463 e. The normalized spacial score (nSPS) is 10.3. The minimum atomic E-state index is 0.0218. The maximum absolute atomic E-state index is 11.4. The maximum atomic E-state index is 11.4. The first kappa shape index (κ1) is 12.3. The fourth-order valence-corrected chi connectivity index (χ4v) is 1.61. The lowest BCUT2D eigenvalue weighted by Crippen LogP contribution is -2.23. The summed E-state index contributed by atoms with van der Waals surface area (Å²) in [7, 11) is 0. The van der Waals surface area contributed by atoms with Gasteiger partial charge in [0.15, 0.2) is 5.76 Å². The molecular formula is C13H15N3O2. The van der Waals surface area contributed by atoms with Crippen LogP contribution in [0.4, 0.5) is 0 Å². The van der Waals surface area contributed by atoms with Crippen molar-refractivity contribution in [3.8, 4) is 11.5 Å². The van der Waals surface area contributed by atoms with E-state index in [-0.39, 0.29) is 5.91 Å². The summed E-state index contributed by atoms with van der Waals surface area (Å²) in [4.78, 5) is 19.9. The molecule has 5 nitrogen and oxygen atoms in total. The van der Waals surface area contributed by atoms with E-state index in [4.69, 9.17) is 4.42 Å². The van der Waals surface area contributed by atoms with E-state index in [1.54, 1.807) is 24.7 Å². The quantitative estimate of drug-likeness (QED) is 0.876. The molecule has 2 heterocycles. The van der Waals surface area contributed by atoms with Gasteiger partial charge in [-0.05, 0) is 18.6 Å². The van der Waals surface area contributed by atoms with Crippen molar-refractivity contribution in [3.05, 3.63) is 36.5 Å². The molecule has 0 radical (unpaired) electrons. The number of carbonyl (C=O) groups excluding carboxylic acids is 1. The summed E-state index contributed by atoms with van der Waals surface area (Å²) in [6, 6.07) is 3.62.